The molecule has 2 aromatic rings. The minimum Gasteiger partial charge on any atom is -0.476 e. The van der Waals surface area contributed by atoms with Gasteiger partial charge in [0.25, 0.3) is 5.91 Å². The third-order valence-corrected chi connectivity index (χ3v) is 5.54. The van der Waals surface area contributed by atoms with Crippen LogP contribution in [0.15, 0.2) is 42.5 Å². The molecule has 3 rings (SSSR count). The van der Waals surface area contributed by atoms with E-state index >= 15 is 0 Å². The van der Waals surface area contributed by atoms with Crippen molar-refractivity contribution in [1.29, 1.82) is 0 Å². The van der Waals surface area contributed by atoms with E-state index in [1.807, 2.05) is 44.2 Å². The predicted molar refractivity (Wildman–Crippen MR) is 101 cm³/mol. The first-order chi connectivity index (χ1) is 12.3. The number of sulfonamides is 1. The standard InChI is InChI=1S/C19H22N2O4S/c1-13-8-9-17-16(10-13)21(26(3,23)24)12-18(25-17)19(22)20-11-15-7-5-4-6-14(15)2/h4-10,18H,11-12H2,1-3H3,(H,20,22). The minimum absolute atomic E-state index is 0.0467. The van der Waals surface area contributed by atoms with Crippen LogP contribution in [0, 0.1) is 13.8 Å². The lowest BCUT2D eigenvalue weighted by molar-refractivity contribution is -0.127. The molecule has 1 N–H and O–H groups in total. The largest absolute Gasteiger partial charge is 0.476 e. The third kappa shape index (κ3) is 3.83. The summed E-state index contributed by atoms with van der Waals surface area (Å²) in [4.78, 5) is 12.6. The Morgan fingerprint density at radius 2 is 1.96 bits per heavy atom. The van der Waals surface area contributed by atoms with E-state index in [0.717, 1.165) is 22.9 Å². The molecular weight excluding hydrogens is 352 g/mol. The number of carbonyl (C=O) groups is 1. The molecule has 0 saturated carbocycles. The number of rotatable bonds is 4. The summed E-state index contributed by atoms with van der Waals surface area (Å²) in [6.45, 7) is 4.17. The Hall–Kier alpha value is -2.54. The number of benzene rings is 2. The van der Waals surface area contributed by atoms with E-state index in [4.69, 9.17) is 4.74 Å². The second kappa shape index (κ2) is 6.99. The molecular formula is C19H22N2O4S. The van der Waals surface area contributed by atoms with Gasteiger partial charge in [0.1, 0.15) is 5.75 Å². The first-order valence-electron chi connectivity index (χ1n) is 8.33. The van der Waals surface area contributed by atoms with Gasteiger partial charge in [-0.1, -0.05) is 30.3 Å². The molecule has 0 spiro atoms. The normalized spacial score (nSPS) is 16.6. The zero-order valence-electron chi connectivity index (χ0n) is 15.0. The van der Waals surface area contributed by atoms with Crippen molar-refractivity contribution < 1.29 is 17.9 Å². The maximum Gasteiger partial charge on any atom is 0.263 e. The van der Waals surface area contributed by atoms with Crippen molar-refractivity contribution in [3.8, 4) is 5.75 Å². The van der Waals surface area contributed by atoms with E-state index in [9.17, 15) is 13.2 Å². The van der Waals surface area contributed by atoms with Gasteiger partial charge in [0.2, 0.25) is 10.0 Å². The zero-order chi connectivity index (χ0) is 18.9. The van der Waals surface area contributed by atoms with E-state index in [1.54, 1.807) is 12.1 Å². The number of anilines is 1. The molecule has 138 valence electrons. The van der Waals surface area contributed by atoms with Gasteiger partial charge >= 0.3 is 0 Å². The first-order valence-corrected chi connectivity index (χ1v) is 10.2. The van der Waals surface area contributed by atoms with Gasteiger partial charge in [0.05, 0.1) is 18.5 Å². The summed E-state index contributed by atoms with van der Waals surface area (Å²) in [5.74, 6) is 0.0523. The van der Waals surface area contributed by atoms with Crippen molar-refractivity contribution in [2.24, 2.45) is 0 Å². The molecule has 0 saturated heterocycles. The lowest BCUT2D eigenvalue weighted by atomic mass is 10.1. The second-order valence-corrected chi connectivity index (χ2v) is 8.42. The number of carbonyl (C=O) groups excluding carboxylic acids is 1. The Labute approximate surface area is 153 Å². The van der Waals surface area contributed by atoms with Crippen LogP contribution in [0.4, 0.5) is 5.69 Å². The Morgan fingerprint density at radius 1 is 1.23 bits per heavy atom. The number of nitrogens with zero attached hydrogens (tertiary/aromatic N) is 1. The Morgan fingerprint density at radius 3 is 2.65 bits per heavy atom. The van der Waals surface area contributed by atoms with Gasteiger partial charge in [-0.25, -0.2) is 8.42 Å². The molecule has 0 bridgehead atoms. The maximum absolute atomic E-state index is 12.6. The number of nitrogens with one attached hydrogen (secondary N) is 1. The summed E-state index contributed by atoms with van der Waals surface area (Å²) < 4.78 is 31.4. The number of hydrogen-bond acceptors (Lipinski definition) is 4. The molecule has 2 aromatic carbocycles. The Balaban J connectivity index is 1.80. The average Bonchev–Trinajstić information content (AvgIpc) is 2.59. The van der Waals surface area contributed by atoms with Crippen LogP contribution < -0.4 is 14.4 Å². The second-order valence-electron chi connectivity index (χ2n) is 6.52. The number of ether oxygens (including phenoxy) is 1. The van der Waals surface area contributed by atoms with Gasteiger partial charge < -0.3 is 10.1 Å². The maximum atomic E-state index is 12.6. The molecule has 1 atom stereocenters. The van der Waals surface area contributed by atoms with Crippen LogP contribution in [0.25, 0.3) is 0 Å². The number of aryl methyl sites for hydroxylation is 2. The molecule has 0 radical (unpaired) electrons. The molecule has 0 fully saturated rings. The van der Waals surface area contributed by atoms with Crippen molar-refractivity contribution in [3.05, 3.63) is 59.2 Å². The number of amides is 1. The van der Waals surface area contributed by atoms with Gasteiger partial charge in [-0.05, 0) is 42.7 Å². The van der Waals surface area contributed by atoms with Crippen LogP contribution >= 0.6 is 0 Å². The minimum atomic E-state index is -3.52. The van der Waals surface area contributed by atoms with E-state index in [1.165, 1.54) is 4.31 Å². The van der Waals surface area contributed by atoms with Crippen LogP contribution in [-0.4, -0.2) is 33.2 Å². The molecule has 0 aromatic heterocycles. The van der Waals surface area contributed by atoms with Crippen LogP contribution in [0.2, 0.25) is 0 Å². The van der Waals surface area contributed by atoms with Gasteiger partial charge in [0.15, 0.2) is 6.10 Å². The van der Waals surface area contributed by atoms with Crippen LogP contribution in [0.1, 0.15) is 16.7 Å². The van der Waals surface area contributed by atoms with Gasteiger partial charge in [0, 0.05) is 6.54 Å². The Kier molecular flexibility index (Phi) is 4.91. The van der Waals surface area contributed by atoms with Crippen molar-refractivity contribution in [1.82, 2.24) is 5.32 Å². The molecule has 1 aliphatic heterocycles. The fourth-order valence-electron chi connectivity index (χ4n) is 2.92. The highest BCUT2D eigenvalue weighted by Gasteiger charge is 2.34. The molecule has 7 heteroatoms. The summed E-state index contributed by atoms with van der Waals surface area (Å²) in [6, 6.07) is 13.0. The Bertz CT molecular complexity index is 940. The molecule has 0 aliphatic carbocycles. The van der Waals surface area contributed by atoms with Gasteiger partial charge in [-0.15, -0.1) is 0 Å². The van der Waals surface area contributed by atoms with Crippen LogP contribution in [-0.2, 0) is 21.4 Å². The van der Waals surface area contributed by atoms with Crippen molar-refractivity contribution in [2.45, 2.75) is 26.5 Å². The lowest BCUT2D eigenvalue weighted by Gasteiger charge is -2.34. The van der Waals surface area contributed by atoms with E-state index < -0.39 is 16.1 Å². The summed E-state index contributed by atoms with van der Waals surface area (Å²) in [7, 11) is -3.52. The fourth-order valence-corrected chi connectivity index (χ4v) is 3.82. The summed E-state index contributed by atoms with van der Waals surface area (Å²) in [5, 5.41) is 2.84. The lowest BCUT2D eigenvalue weighted by Crippen LogP contribution is -2.50. The number of fused-ring (bicyclic) bond motifs is 1. The smallest absolute Gasteiger partial charge is 0.263 e. The average molecular weight is 374 g/mol. The summed E-state index contributed by atoms with van der Waals surface area (Å²) >= 11 is 0. The van der Waals surface area contributed by atoms with Gasteiger partial charge in [-0.2, -0.15) is 0 Å². The zero-order valence-corrected chi connectivity index (χ0v) is 15.8. The topological polar surface area (TPSA) is 75.7 Å². The van der Waals surface area contributed by atoms with Crippen molar-refractivity contribution in [2.75, 3.05) is 17.1 Å². The van der Waals surface area contributed by atoms with Crippen molar-refractivity contribution in [3.63, 3.8) is 0 Å². The highest BCUT2D eigenvalue weighted by atomic mass is 32.2. The summed E-state index contributed by atoms with van der Waals surface area (Å²) in [6.07, 6.45) is 0.233. The van der Waals surface area contributed by atoms with E-state index in [-0.39, 0.29) is 12.5 Å². The molecule has 1 amide bonds. The predicted octanol–water partition coefficient (Wildman–Crippen LogP) is 2.15. The highest BCUT2D eigenvalue weighted by molar-refractivity contribution is 7.92. The van der Waals surface area contributed by atoms with Gasteiger partial charge in [-0.3, -0.25) is 9.10 Å². The highest BCUT2D eigenvalue weighted by Crippen LogP contribution is 2.35. The molecule has 1 heterocycles. The quantitative estimate of drug-likeness (QED) is 0.890. The fraction of sp³-hybridized carbons (Fsp3) is 0.316. The number of hydrogen-bond donors (Lipinski definition) is 1. The third-order valence-electron chi connectivity index (χ3n) is 4.39. The van der Waals surface area contributed by atoms with Crippen molar-refractivity contribution >= 4 is 21.6 Å². The SMILES string of the molecule is Cc1ccc2c(c1)N(S(C)(=O)=O)CC(C(=O)NCc1ccccc1C)O2. The van der Waals surface area contributed by atoms with Crippen LogP contribution in [0.5, 0.6) is 5.75 Å². The molecule has 26 heavy (non-hydrogen) atoms. The summed E-state index contributed by atoms with van der Waals surface area (Å²) in [5.41, 5.74) is 3.47. The van der Waals surface area contributed by atoms with E-state index in [2.05, 4.69) is 5.32 Å². The molecule has 1 unspecified atom stereocenters. The molecule has 1 aliphatic rings. The monoisotopic (exact) mass is 374 g/mol. The molecule has 6 nitrogen and oxygen atoms in total. The van der Waals surface area contributed by atoms with Crippen LogP contribution in [0.3, 0.4) is 0 Å². The van der Waals surface area contributed by atoms with E-state index in [0.29, 0.717) is 18.0 Å². The first kappa shape index (κ1) is 18.3.